The zero-order valence-corrected chi connectivity index (χ0v) is 18.9. The molecule has 1 aliphatic heterocycles. The van der Waals surface area contributed by atoms with Crippen LogP contribution in [0.25, 0.3) is 16.8 Å². The standard InChI is InChI=1S/C23H18BrNO2S2/c1-2-12-27-20-11-10-15-6-3-4-9-18(15)19(20)14-21-22(26)25(23(28)29-21)17-8-5-7-16(24)13-17/h3-11,13-14H,2,12H2,1H3/b21-14-. The molecule has 6 heteroatoms. The number of ether oxygens (including phenoxy) is 1. The van der Waals surface area contributed by atoms with E-state index in [-0.39, 0.29) is 5.91 Å². The molecule has 1 amide bonds. The molecule has 0 unspecified atom stereocenters. The van der Waals surface area contributed by atoms with Crippen molar-refractivity contribution in [3.63, 3.8) is 0 Å². The number of thioether (sulfide) groups is 1. The van der Waals surface area contributed by atoms with Crippen LogP contribution in [0.4, 0.5) is 5.69 Å². The van der Waals surface area contributed by atoms with Crippen molar-refractivity contribution >= 4 is 72.7 Å². The molecule has 0 bridgehead atoms. The fraction of sp³-hybridized carbons (Fsp3) is 0.130. The lowest BCUT2D eigenvalue weighted by atomic mass is 10.0. The van der Waals surface area contributed by atoms with E-state index in [2.05, 4.69) is 35.0 Å². The monoisotopic (exact) mass is 483 g/mol. The number of benzene rings is 3. The van der Waals surface area contributed by atoms with Crippen molar-refractivity contribution in [2.24, 2.45) is 0 Å². The van der Waals surface area contributed by atoms with E-state index in [1.54, 1.807) is 4.90 Å². The van der Waals surface area contributed by atoms with Gasteiger partial charge in [0.1, 0.15) is 5.75 Å². The summed E-state index contributed by atoms with van der Waals surface area (Å²) in [4.78, 5) is 15.4. The number of thiocarbonyl (C=S) groups is 1. The number of carbonyl (C=O) groups is 1. The van der Waals surface area contributed by atoms with E-state index in [0.717, 1.165) is 38.7 Å². The third-order valence-corrected chi connectivity index (χ3v) is 6.32. The Bertz CT molecular complexity index is 1140. The summed E-state index contributed by atoms with van der Waals surface area (Å²) in [5.74, 6) is 0.658. The first kappa shape index (κ1) is 20.1. The largest absolute Gasteiger partial charge is 0.493 e. The number of fused-ring (bicyclic) bond motifs is 1. The van der Waals surface area contributed by atoms with E-state index in [1.165, 1.54) is 11.8 Å². The summed E-state index contributed by atoms with van der Waals surface area (Å²) in [5.41, 5.74) is 1.66. The van der Waals surface area contributed by atoms with Gasteiger partial charge >= 0.3 is 0 Å². The predicted octanol–water partition coefficient (Wildman–Crippen LogP) is 6.80. The van der Waals surface area contributed by atoms with Crippen molar-refractivity contribution in [2.45, 2.75) is 13.3 Å². The molecule has 3 aromatic rings. The summed E-state index contributed by atoms with van der Waals surface area (Å²) in [7, 11) is 0. The zero-order chi connectivity index (χ0) is 20.4. The highest BCUT2D eigenvalue weighted by atomic mass is 79.9. The summed E-state index contributed by atoms with van der Waals surface area (Å²) >= 11 is 10.3. The molecule has 29 heavy (non-hydrogen) atoms. The van der Waals surface area contributed by atoms with E-state index >= 15 is 0 Å². The van der Waals surface area contributed by atoms with Crippen molar-refractivity contribution < 1.29 is 9.53 Å². The Labute approximate surface area is 187 Å². The first-order chi connectivity index (χ1) is 14.1. The smallest absolute Gasteiger partial charge is 0.270 e. The topological polar surface area (TPSA) is 29.5 Å². The summed E-state index contributed by atoms with van der Waals surface area (Å²) < 4.78 is 7.40. The van der Waals surface area contributed by atoms with Crippen LogP contribution in [0.1, 0.15) is 18.9 Å². The molecular formula is C23H18BrNO2S2. The van der Waals surface area contributed by atoms with E-state index in [4.69, 9.17) is 17.0 Å². The van der Waals surface area contributed by atoms with E-state index in [0.29, 0.717) is 15.8 Å². The van der Waals surface area contributed by atoms with Crippen LogP contribution < -0.4 is 9.64 Å². The molecule has 0 saturated carbocycles. The maximum atomic E-state index is 13.2. The van der Waals surface area contributed by atoms with Gasteiger partial charge in [0.15, 0.2) is 4.32 Å². The molecule has 3 aromatic carbocycles. The lowest BCUT2D eigenvalue weighted by Gasteiger charge is -2.15. The van der Waals surface area contributed by atoms with Crippen LogP contribution in [-0.2, 0) is 4.79 Å². The minimum atomic E-state index is -0.118. The van der Waals surface area contributed by atoms with Crippen LogP contribution in [0.3, 0.4) is 0 Å². The molecule has 1 saturated heterocycles. The van der Waals surface area contributed by atoms with Crippen molar-refractivity contribution in [1.82, 2.24) is 0 Å². The average Bonchev–Trinajstić information content (AvgIpc) is 3.00. The number of amides is 1. The fourth-order valence-corrected chi connectivity index (χ4v) is 4.87. The van der Waals surface area contributed by atoms with E-state index in [1.807, 2.05) is 54.6 Å². The van der Waals surface area contributed by atoms with Crippen LogP contribution in [0.5, 0.6) is 5.75 Å². The van der Waals surface area contributed by atoms with Gasteiger partial charge < -0.3 is 4.74 Å². The Morgan fingerprint density at radius 2 is 1.97 bits per heavy atom. The predicted molar refractivity (Wildman–Crippen MR) is 130 cm³/mol. The molecule has 0 aliphatic carbocycles. The molecule has 0 spiro atoms. The second-order valence-corrected chi connectivity index (χ2v) is 9.14. The molecule has 0 atom stereocenters. The maximum Gasteiger partial charge on any atom is 0.270 e. The van der Waals surface area contributed by atoms with Gasteiger partial charge in [0.05, 0.1) is 17.2 Å². The van der Waals surface area contributed by atoms with Gasteiger partial charge in [0.25, 0.3) is 5.91 Å². The fourth-order valence-electron chi connectivity index (χ4n) is 3.20. The highest BCUT2D eigenvalue weighted by molar-refractivity contribution is 9.10. The second-order valence-electron chi connectivity index (χ2n) is 6.54. The normalized spacial score (nSPS) is 15.5. The number of carbonyl (C=O) groups excluding carboxylic acids is 1. The lowest BCUT2D eigenvalue weighted by molar-refractivity contribution is -0.113. The molecule has 3 nitrogen and oxygen atoms in total. The number of halogens is 1. The van der Waals surface area contributed by atoms with Crippen molar-refractivity contribution in [3.8, 4) is 5.75 Å². The van der Waals surface area contributed by atoms with Crippen molar-refractivity contribution in [2.75, 3.05) is 11.5 Å². The van der Waals surface area contributed by atoms with Gasteiger partial charge in [0, 0.05) is 10.0 Å². The Balaban J connectivity index is 1.79. The number of rotatable bonds is 5. The van der Waals surface area contributed by atoms with Gasteiger partial charge in [-0.2, -0.15) is 0 Å². The van der Waals surface area contributed by atoms with Gasteiger partial charge in [0.2, 0.25) is 0 Å². The van der Waals surface area contributed by atoms with E-state index < -0.39 is 0 Å². The SMILES string of the molecule is CCCOc1ccc2ccccc2c1/C=C1\SC(=S)N(c2cccc(Br)c2)C1=O. The molecular weight excluding hydrogens is 466 g/mol. The first-order valence-corrected chi connectivity index (χ1v) is 11.3. The highest BCUT2D eigenvalue weighted by Crippen LogP contribution is 2.39. The van der Waals surface area contributed by atoms with Gasteiger partial charge in [-0.25, -0.2) is 0 Å². The number of hydrogen-bond acceptors (Lipinski definition) is 4. The van der Waals surface area contributed by atoms with E-state index in [9.17, 15) is 4.79 Å². The summed E-state index contributed by atoms with van der Waals surface area (Å²) in [6.45, 7) is 2.70. The Hall–Kier alpha value is -2.15. The first-order valence-electron chi connectivity index (χ1n) is 9.26. The van der Waals surface area contributed by atoms with Crippen molar-refractivity contribution in [1.29, 1.82) is 0 Å². The molecule has 1 fully saturated rings. The molecule has 146 valence electrons. The van der Waals surface area contributed by atoms with Crippen LogP contribution in [0.15, 0.2) is 70.0 Å². The molecule has 1 heterocycles. The third kappa shape index (κ3) is 4.10. The van der Waals surface area contributed by atoms with Crippen LogP contribution >= 0.6 is 39.9 Å². The van der Waals surface area contributed by atoms with Gasteiger partial charge in [-0.1, -0.05) is 83.2 Å². The summed E-state index contributed by atoms with van der Waals surface area (Å²) in [6, 6.07) is 19.7. The Morgan fingerprint density at radius 3 is 2.76 bits per heavy atom. The van der Waals surface area contributed by atoms with Crippen LogP contribution in [-0.4, -0.2) is 16.8 Å². The van der Waals surface area contributed by atoms with Gasteiger partial charge in [-0.3, -0.25) is 9.69 Å². The highest BCUT2D eigenvalue weighted by Gasteiger charge is 2.33. The number of anilines is 1. The molecule has 0 aromatic heterocycles. The average molecular weight is 484 g/mol. The zero-order valence-electron chi connectivity index (χ0n) is 15.7. The summed E-state index contributed by atoms with van der Waals surface area (Å²) in [6.07, 6.45) is 2.82. The number of nitrogens with zero attached hydrogens (tertiary/aromatic N) is 1. The maximum absolute atomic E-state index is 13.2. The molecule has 4 rings (SSSR count). The lowest BCUT2D eigenvalue weighted by Crippen LogP contribution is -2.27. The van der Waals surface area contributed by atoms with Gasteiger partial charge in [-0.15, -0.1) is 0 Å². The third-order valence-electron chi connectivity index (χ3n) is 4.53. The Kier molecular flexibility index (Phi) is 6.04. The summed E-state index contributed by atoms with van der Waals surface area (Å²) in [5, 5.41) is 2.15. The minimum Gasteiger partial charge on any atom is -0.493 e. The van der Waals surface area contributed by atoms with Gasteiger partial charge in [-0.05, 0) is 47.5 Å². The molecule has 1 aliphatic rings. The Morgan fingerprint density at radius 1 is 1.14 bits per heavy atom. The van der Waals surface area contributed by atoms with Crippen LogP contribution in [0, 0.1) is 0 Å². The van der Waals surface area contributed by atoms with Crippen molar-refractivity contribution in [3.05, 3.63) is 75.6 Å². The quantitative estimate of drug-likeness (QED) is 0.294. The molecule has 0 N–H and O–H groups in total. The molecule has 0 radical (unpaired) electrons. The minimum absolute atomic E-state index is 0.118. The number of hydrogen-bond donors (Lipinski definition) is 0. The van der Waals surface area contributed by atoms with Crippen LogP contribution in [0.2, 0.25) is 0 Å². The second kappa shape index (κ2) is 8.69.